The van der Waals surface area contributed by atoms with Crippen LogP contribution < -0.4 is 15.4 Å². The highest BCUT2D eigenvalue weighted by molar-refractivity contribution is 6.31. The maximum atomic E-state index is 13.4. The summed E-state index contributed by atoms with van der Waals surface area (Å²) in [6.07, 6.45) is 6.50. The van der Waals surface area contributed by atoms with E-state index in [1.54, 1.807) is 13.3 Å². The molecule has 1 aliphatic carbocycles. The van der Waals surface area contributed by atoms with E-state index in [0.717, 1.165) is 60.2 Å². The molecule has 0 aromatic carbocycles. The van der Waals surface area contributed by atoms with Gasteiger partial charge >= 0.3 is 0 Å². The van der Waals surface area contributed by atoms with Crippen LogP contribution in [0.5, 0.6) is 5.75 Å². The molecule has 0 saturated heterocycles. The Labute approximate surface area is 175 Å². The smallest absolute Gasteiger partial charge is 0.223 e. The normalized spacial score (nSPS) is 18.1. The number of fused-ring (bicyclic) bond motifs is 2. The zero-order valence-corrected chi connectivity index (χ0v) is 17.8. The number of nitrogens with zero attached hydrogens (tertiary/aromatic N) is 4. The minimum absolute atomic E-state index is 0.116. The van der Waals surface area contributed by atoms with Gasteiger partial charge in [-0.15, -0.1) is 0 Å². The Kier molecular flexibility index (Phi) is 5.11. The van der Waals surface area contributed by atoms with Crippen LogP contribution in [0.1, 0.15) is 54.5 Å². The van der Waals surface area contributed by atoms with Crippen molar-refractivity contribution in [2.24, 2.45) is 0 Å². The first-order valence-electron chi connectivity index (χ1n) is 9.98. The van der Waals surface area contributed by atoms with Gasteiger partial charge in [-0.2, -0.15) is 4.98 Å². The van der Waals surface area contributed by atoms with Crippen molar-refractivity contribution in [2.75, 3.05) is 24.3 Å². The van der Waals surface area contributed by atoms with Gasteiger partial charge < -0.3 is 15.4 Å². The monoisotopic (exact) mass is 415 g/mol. The van der Waals surface area contributed by atoms with Gasteiger partial charge in [0.15, 0.2) is 5.78 Å². The molecule has 3 heterocycles. The number of aromatic nitrogens is 3. The summed E-state index contributed by atoms with van der Waals surface area (Å²) in [7, 11) is 1.65. The highest BCUT2D eigenvalue weighted by Gasteiger charge is 2.49. The van der Waals surface area contributed by atoms with Crippen LogP contribution >= 0.6 is 11.6 Å². The largest absolute Gasteiger partial charge is 0.496 e. The van der Waals surface area contributed by atoms with Crippen molar-refractivity contribution in [3.63, 3.8) is 0 Å². The van der Waals surface area contributed by atoms with Crippen LogP contribution in [0.25, 0.3) is 0 Å². The molecule has 2 aromatic rings. The lowest BCUT2D eigenvalue weighted by molar-refractivity contribution is -0.125. The SMILES string of the molecule is COc1c(C)cnc(CN2CC(=O)C3(CCCCC3)c3c(Cl)nc(N)nc32)c1C. The highest BCUT2D eigenvalue weighted by atomic mass is 35.5. The van der Waals surface area contributed by atoms with Crippen LogP contribution in [-0.2, 0) is 16.8 Å². The maximum absolute atomic E-state index is 13.4. The van der Waals surface area contributed by atoms with Crippen LogP contribution in [0, 0.1) is 13.8 Å². The Hall–Kier alpha value is -2.41. The summed E-state index contributed by atoms with van der Waals surface area (Å²) in [4.78, 5) is 28.6. The third kappa shape index (κ3) is 3.21. The Morgan fingerprint density at radius 3 is 2.66 bits per heavy atom. The molecule has 1 fully saturated rings. The van der Waals surface area contributed by atoms with Crippen LogP contribution in [-0.4, -0.2) is 34.4 Å². The van der Waals surface area contributed by atoms with E-state index in [2.05, 4.69) is 15.0 Å². The van der Waals surface area contributed by atoms with Crippen molar-refractivity contribution in [3.8, 4) is 5.75 Å². The van der Waals surface area contributed by atoms with Crippen LogP contribution in [0.4, 0.5) is 11.8 Å². The second-order valence-corrected chi connectivity index (χ2v) is 8.40. The Morgan fingerprint density at radius 2 is 1.97 bits per heavy atom. The minimum Gasteiger partial charge on any atom is -0.496 e. The van der Waals surface area contributed by atoms with E-state index in [1.807, 2.05) is 18.7 Å². The lowest BCUT2D eigenvalue weighted by atomic mass is 9.65. The zero-order chi connectivity index (χ0) is 20.8. The van der Waals surface area contributed by atoms with E-state index < -0.39 is 5.41 Å². The molecule has 2 aromatic heterocycles. The number of nitrogen functional groups attached to an aromatic ring is 1. The van der Waals surface area contributed by atoms with Crippen molar-refractivity contribution in [1.82, 2.24) is 15.0 Å². The maximum Gasteiger partial charge on any atom is 0.223 e. The molecule has 4 rings (SSSR count). The number of halogens is 1. The van der Waals surface area contributed by atoms with Gasteiger partial charge in [-0.1, -0.05) is 30.9 Å². The number of carbonyl (C=O) groups excluding carboxylic acids is 1. The van der Waals surface area contributed by atoms with Crippen molar-refractivity contribution in [1.29, 1.82) is 0 Å². The molecule has 2 aliphatic rings. The predicted molar refractivity (Wildman–Crippen MR) is 113 cm³/mol. The molecule has 0 radical (unpaired) electrons. The van der Waals surface area contributed by atoms with E-state index >= 15 is 0 Å². The number of Topliss-reactive ketones (excluding diaryl/α,β-unsaturated/α-hetero) is 1. The van der Waals surface area contributed by atoms with Gasteiger partial charge in [-0.05, 0) is 26.7 Å². The van der Waals surface area contributed by atoms with Crippen LogP contribution in [0.3, 0.4) is 0 Å². The molecular formula is C21H26ClN5O2. The van der Waals surface area contributed by atoms with Gasteiger partial charge in [-0.25, -0.2) is 4.98 Å². The number of aryl methyl sites for hydroxylation is 1. The van der Waals surface area contributed by atoms with Gasteiger partial charge in [0, 0.05) is 22.9 Å². The zero-order valence-electron chi connectivity index (χ0n) is 17.1. The standard InChI is InChI=1S/C21H26ClN5O2/c1-12-9-24-14(13(2)17(12)29-3)10-27-11-15(28)21(7-5-4-6-8-21)16-18(22)25-20(23)26-19(16)27/h9H,4-8,10-11H2,1-3H3,(H2,23,25,26). The van der Waals surface area contributed by atoms with Gasteiger partial charge in [0.25, 0.3) is 0 Å². The fraction of sp³-hybridized carbons (Fsp3) is 0.524. The van der Waals surface area contributed by atoms with Gasteiger partial charge in [0.05, 0.1) is 31.3 Å². The molecule has 2 N–H and O–H groups in total. The number of carbonyl (C=O) groups is 1. The van der Waals surface area contributed by atoms with Crippen molar-refractivity contribution >= 4 is 29.2 Å². The number of pyridine rings is 1. The molecule has 1 saturated carbocycles. The van der Waals surface area contributed by atoms with Crippen LogP contribution in [0.15, 0.2) is 6.20 Å². The first kappa shape index (κ1) is 19.9. The summed E-state index contributed by atoms with van der Waals surface area (Å²) in [5.41, 5.74) is 8.83. The van der Waals surface area contributed by atoms with Gasteiger partial charge in [0.2, 0.25) is 5.95 Å². The number of ketones is 1. The molecule has 0 bridgehead atoms. The lowest BCUT2D eigenvalue weighted by Crippen LogP contribution is -2.50. The summed E-state index contributed by atoms with van der Waals surface area (Å²) < 4.78 is 5.53. The van der Waals surface area contributed by atoms with Gasteiger partial charge in [-0.3, -0.25) is 9.78 Å². The molecule has 0 unspecified atom stereocenters. The van der Waals surface area contributed by atoms with Crippen LogP contribution in [0.2, 0.25) is 5.15 Å². The van der Waals surface area contributed by atoms with E-state index in [0.29, 0.717) is 17.5 Å². The van der Waals surface area contributed by atoms with Crippen molar-refractivity contribution < 1.29 is 9.53 Å². The summed E-state index contributed by atoms with van der Waals surface area (Å²) in [5.74, 6) is 1.76. The average Bonchev–Trinajstić information content (AvgIpc) is 2.68. The summed E-state index contributed by atoms with van der Waals surface area (Å²) in [6, 6.07) is 0. The van der Waals surface area contributed by atoms with Gasteiger partial charge in [0.1, 0.15) is 16.7 Å². The fourth-order valence-corrected chi connectivity index (χ4v) is 5.20. The molecule has 154 valence electrons. The Morgan fingerprint density at radius 1 is 1.24 bits per heavy atom. The summed E-state index contributed by atoms with van der Waals surface area (Å²) in [5, 5.41) is 0.290. The molecule has 1 aliphatic heterocycles. The molecule has 29 heavy (non-hydrogen) atoms. The first-order chi connectivity index (χ1) is 13.9. The molecule has 8 heteroatoms. The number of methoxy groups -OCH3 is 1. The molecule has 0 atom stereocenters. The van der Waals surface area contributed by atoms with E-state index in [4.69, 9.17) is 22.1 Å². The Bertz CT molecular complexity index is 972. The topological polar surface area (TPSA) is 94.2 Å². The fourth-order valence-electron chi connectivity index (χ4n) is 4.84. The molecular weight excluding hydrogens is 390 g/mol. The summed E-state index contributed by atoms with van der Waals surface area (Å²) in [6.45, 7) is 4.62. The quantitative estimate of drug-likeness (QED) is 0.766. The number of hydrogen-bond donors (Lipinski definition) is 1. The van der Waals surface area contributed by atoms with Crippen molar-refractivity contribution in [3.05, 3.63) is 33.7 Å². The molecule has 7 nitrogen and oxygen atoms in total. The molecule has 1 spiro atoms. The summed E-state index contributed by atoms with van der Waals surface area (Å²) >= 11 is 6.56. The van der Waals surface area contributed by atoms with E-state index in [1.165, 1.54) is 0 Å². The number of anilines is 2. The third-order valence-electron chi connectivity index (χ3n) is 6.31. The third-order valence-corrected chi connectivity index (χ3v) is 6.58. The highest BCUT2D eigenvalue weighted by Crippen LogP contribution is 2.49. The first-order valence-corrected chi connectivity index (χ1v) is 10.4. The second-order valence-electron chi connectivity index (χ2n) is 8.04. The number of rotatable bonds is 3. The number of nitrogens with two attached hydrogens (primary N) is 1. The minimum atomic E-state index is -0.595. The number of hydrogen-bond acceptors (Lipinski definition) is 7. The second kappa shape index (κ2) is 7.44. The predicted octanol–water partition coefficient (Wildman–Crippen LogP) is 3.52. The van der Waals surface area contributed by atoms with E-state index in [9.17, 15) is 4.79 Å². The average molecular weight is 416 g/mol. The molecule has 0 amide bonds. The van der Waals surface area contributed by atoms with Crippen molar-refractivity contribution in [2.45, 2.75) is 57.9 Å². The lowest BCUT2D eigenvalue weighted by Gasteiger charge is -2.44. The Balaban J connectivity index is 1.81. The number of ether oxygens (including phenoxy) is 1. The van der Waals surface area contributed by atoms with E-state index in [-0.39, 0.29) is 18.3 Å².